The van der Waals surface area contributed by atoms with Gasteiger partial charge in [-0.25, -0.2) is 9.29 Å². The molecule has 3 rings (SSSR count). The summed E-state index contributed by atoms with van der Waals surface area (Å²) in [6, 6.07) is 7.53. The molecule has 0 bridgehead atoms. The molecule has 106 valence electrons. The lowest BCUT2D eigenvalue weighted by atomic mass is 10.0. The monoisotopic (exact) mass is 283 g/mol. The fourth-order valence-electron chi connectivity index (χ4n) is 2.94. The van der Waals surface area contributed by atoms with Gasteiger partial charge in [0.1, 0.15) is 5.82 Å². The van der Waals surface area contributed by atoms with Crippen LogP contribution < -0.4 is 4.90 Å². The highest BCUT2D eigenvalue weighted by molar-refractivity contribution is 6.34. The minimum absolute atomic E-state index is 0.124. The minimum atomic E-state index is -0.519. The summed E-state index contributed by atoms with van der Waals surface area (Å²) in [6.45, 7) is 5.68. The number of anilines is 1. The molecule has 0 unspecified atom stereocenters. The number of halogens is 1. The number of hydrogen-bond acceptors (Lipinski definition) is 2. The molecular formula is C17H14FNO2. The number of imide groups is 1. The molecule has 3 nitrogen and oxygen atoms in total. The van der Waals surface area contributed by atoms with Crippen LogP contribution in [0.3, 0.4) is 0 Å². The number of fused-ring (bicyclic) bond motifs is 1. The molecule has 2 aromatic carbocycles. The van der Waals surface area contributed by atoms with Crippen molar-refractivity contribution in [1.29, 1.82) is 0 Å². The number of carbonyl (C=O) groups excluding carboxylic acids is 2. The maximum absolute atomic E-state index is 13.3. The molecule has 4 heteroatoms. The molecule has 0 N–H and O–H groups in total. The van der Waals surface area contributed by atoms with Gasteiger partial charge < -0.3 is 0 Å². The lowest BCUT2D eigenvalue weighted by Crippen LogP contribution is -2.30. The number of carbonyl (C=O) groups is 2. The molecule has 1 aliphatic heterocycles. The first-order valence-corrected chi connectivity index (χ1v) is 6.66. The van der Waals surface area contributed by atoms with Gasteiger partial charge in [0, 0.05) is 0 Å². The van der Waals surface area contributed by atoms with E-state index in [2.05, 4.69) is 0 Å². The maximum Gasteiger partial charge on any atom is 0.266 e. The van der Waals surface area contributed by atoms with Crippen molar-refractivity contribution >= 4 is 17.5 Å². The molecule has 21 heavy (non-hydrogen) atoms. The molecule has 0 atom stereocenters. The summed E-state index contributed by atoms with van der Waals surface area (Å²) >= 11 is 0. The van der Waals surface area contributed by atoms with Gasteiger partial charge in [0.15, 0.2) is 0 Å². The lowest BCUT2D eigenvalue weighted by Gasteiger charge is -2.20. The number of amides is 2. The quantitative estimate of drug-likeness (QED) is 0.750. The molecule has 1 aliphatic rings. The van der Waals surface area contributed by atoms with Crippen LogP contribution in [0.1, 0.15) is 37.4 Å². The Morgan fingerprint density at radius 1 is 0.857 bits per heavy atom. The number of nitrogens with zero attached hydrogens (tertiary/aromatic N) is 1. The number of rotatable bonds is 1. The summed E-state index contributed by atoms with van der Waals surface area (Å²) < 4.78 is 13.3. The SMILES string of the molecule is Cc1cc(C)c(N2C(=O)c3ccc(F)cc3C2=O)c(C)c1. The van der Waals surface area contributed by atoms with E-state index >= 15 is 0 Å². The van der Waals surface area contributed by atoms with Crippen LogP contribution in [0.4, 0.5) is 10.1 Å². The zero-order valence-electron chi connectivity index (χ0n) is 12.0. The van der Waals surface area contributed by atoms with E-state index < -0.39 is 17.6 Å². The highest BCUT2D eigenvalue weighted by Gasteiger charge is 2.38. The topological polar surface area (TPSA) is 37.4 Å². The molecule has 0 radical (unpaired) electrons. The van der Waals surface area contributed by atoms with Gasteiger partial charge in [0.05, 0.1) is 16.8 Å². The van der Waals surface area contributed by atoms with Gasteiger partial charge in [0.2, 0.25) is 0 Å². The fraction of sp³-hybridized carbons (Fsp3) is 0.176. The van der Waals surface area contributed by atoms with Gasteiger partial charge in [-0.1, -0.05) is 17.7 Å². The highest BCUT2D eigenvalue weighted by atomic mass is 19.1. The number of aryl methyl sites for hydroxylation is 3. The normalized spacial score (nSPS) is 13.8. The Morgan fingerprint density at radius 2 is 1.43 bits per heavy atom. The molecule has 0 aromatic heterocycles. The summed E-state index contributed by atoms with van der Waals surface area (Å²) in [7, 11) is 0. The summed E-state index contributed by atoms with van der Waals surface area (Å²) in [5.74, 6) is -1.39. The largest absolute Gasteiger partial charge is 0.268 e. The Labute approximate surface area is 122 Å². The van der Waals surface area contributed by atoms with Crippen molar-refractivity contribution in [1.82, 2.24) is 0 Å². The molecule has 1 heterocycles. The Kier molecular flexibility index (Phi) is 2.90. The van der Waals surface area contributed by atoms with Crippen LogP contribution in [0, 0.1) is 26.6 Å². The van der Waals surface area contributed by atoms with E-state index in [9.17, 15) is 14.0 Å². The molecule has 0 aliphatic carbocycles. The smallest absolute Gasteiger partial charge is 0.266 e. The van der Waals surface area contributed by atoms with Gasteiger partial charge in [-0.15, -0.1) is 0 Å². The van der Waals surface area contributed by atoms with Crippen molar-refractivity contribution in [3.8, 4) is 0 Å². The third-order valence-corrected chi connectivity index (χ3v) is 3.71. The summed E-state index contributed by atoms with van der Waals surface area (Å²) in [6.07, 6.45) is 0. The third kappa shape index (κ3) is 1.95. The van der Waals surface area contributed by atoms with E-state index in [1.165, 1.54) is 12.1 Å². The second-order valence-electron chi connectivity index (χ2n) is 5.38. The van der Waals surface area contributed by atoms with Crippen molar-refractivity contribution in [2.75, 3.05) is 4.90 Å². The first-order chi connectivity index (χ1) is 9.90. The molecule has 2 amide bonds. The highest BCUT2D eigenvalue weighted by Crippen LogP contribution is 2.33. The zero-order valence-corrected chi connectivity index (χ0v) is 12.0. The molecular weight excluding hydrogens is 269 g/mol. The standard InChI is InChI=1S/C17H14FNO2/c1-9-6-10(2)15(11(3)7-9)19-16(20)13-5-4-12(18)8-14(13)17(19)21/h4-8H,1-3H3. The average Bonchev–Trinajstić information content (AvgIpc) is 2.62. The van der Waals surface area contributed by atoms with Crippen molar-refractivity contribution < 1.29 is 14.0 Å². The van der Waals surface area contributed by atoms with E-state index in [1.807, 2.05) is 32.9 Å². The van der Waals surface area contributed by atoms with E-state index in [0.717, 1.165) is 27.7 Å². The molecule has 0 spiro atoms. The fourth-order valence-corrected chi connectivity index (χ4v) is 2.94. The number of benzene rings is 2. The van der Waals surface area contributed by atoms with E-state index in [4.69, 9.17) is 0 Å². The molecule has 0 fully saturated rings. The van der Waals surface area contributed by atoms with Crippen LogP contribution in [0.2, 0.25) is 0 Å². The first kappa shape index (κ1) is 13.5. The maximum atomic E-state index is 13.3. The van der Waals surface area contributed by atoms with E-state index in [0.29, 0.717) is 5.69 Å². The second-order valence-corrected chi connectivity index (χ2v) is 5.38. The molecule has 0 saturated heterocycles. The molecule has 0 saturated carbocycles. The summed E-state index contributed by atoms with van der Waals surface area (Å²) in [5, 5.41) is 0. The van der Waals surface area contributed by atoms with E-state index in [1.54, 1.807) is 0 Å². The summed E-state index contributed by atoms with van der Waals surface area (Å²) in [4.78, 5) is 26.1. The van der Waals surface area contributed by atoms with Crippen molar-refractivity contribution in [3.63, 3.8) is 0 Å². The predicted octanol–water partition coefficient (Wildman–Crippen LogP) is 3.55. The van der Waals surface area contributed by atoms with Crippen LogP contribution in [-0.4, -0.2) is 11.8 Å². The minimum Gasteiger partial charge on any atom is -0.268 e. The van der Waals surface area contributed by atoms with Gasteiger partial charge in [-0.3, -0.25) is 9.59 Å². The average molecular weight is 283 g/mol. The first-order valence-electron chi connectivity index (χ1n) is 6.66. The van der Waals surface area contributed by atoms with Gasteiger partial charge >= 0.3 is 0 Å². The second kappa shape index (κ2) is 4.52. The zero-order chi connectivity index (χ0) is 15.3. The van der Waals surface area contributed by atoms with Crippen LogP contribution in [0.25, 0.3) is 0 Å². The predicted molar refractivity (Wildman–Crippen MR) is 78.2 cm³/mol. The van der Waals surface area contributed by atoms with Crippen LogP contribution >= 0.6 is 0 Å². The van der Waals surface area contributed by atoms with Crippen LogP contribution in [0.5, 0.6) is 0 Å². The Balaban J connectivity index is 2.19. The van der Waals surface area contributed by atoms with Crippen molar-refractivity contribution in [3.05, 3.63) is 64.0 Å². The van der Waals surface area contributed by atoms with E-state index in [-0.39, 0.29) is 11.1 Å². The molecule has 2 aromatic rings. The Morgan fingerprint density at radius 3 is 2.05 bits per heavy atom. The Bertz CT molecular complexity index is 772. The summed E-state index contributed by atoms with van der Waals surface area (Å²) in [5.41, 5.74) is 3.73. The van der Waals surface area contributed by atoms with Crippen molar-refractivity contribution in [2.24, 2.45) is 0 Å². The third-order valence-electron chi connectivity index (χ3n) is 3.71. The van der Waals surface area contributed by atoms with Gasteiger partial charge in [0.25, 0.3) is 11.8 Å². The van der Waals surface area contributed by atoms with Crippen LogP contribution in [-0.2, 0) is 0 Å². The van der Waals surface area contributed by atoms with Crippen molar-refractivity contribution in [2.45, 2.75) is 20.8 Å². The van der Waals surface area contributed by atoms with Gasteiger partial charge in [-0.05, 0) is 50.1 Å². The van der Waals surface area contributed by atoms with Crippen LogP contribution in [0.15, 0.2) is 30.3 Å². The Hall–Kier alpha value is -2.49. The lowest BCUT2D eigenvalue weighted by molar-refractivity contribution is 0.0925. The van der Waals surface area contributed by atoms with Gasteiger partial charge in [-0.2, -0.15) is 0 Å². The number of hydrogen-bond donors (Lipinski definition) is 0.